The molecule has 1 fully saturated rings. The number of methoxy groups -OCH3 is 1. The molecule has 0 aromatic carbocycles. The van der Waals surface area contributed by atoms with Crippen molar-refractivity contribution in [1.82, 2.24) is 4.90 Å². The number of hydrogen-bond acceptors (Lipinski definition) is 3. The molecule has 0 aromatic heterocycles. The maximum atomic E-state index is 12.3. The van der Waals surface area contributed by atoms with Gasteiger partial charge in [0.1, 0.15) is 0 Å². The number of rotatable bonds is 5. The van der Waals surface area contributed by atoms with E-state index in [1.54, 1.807) is 7.11 Å². The molecule has 17 heavy (non-hydrogen) atoms. The van der Waals surface area contributed by atoms with Crippen LogP contribution in [0, 0.1) is 5.92 Å². The van der Waals surface area contributed by atoms with Crippen molar-refractivity contribution in [3.8, 4) is 0 Å². The third-order valence-corrected chi connectivity index (χ3v) is 3.99. The third kappa shape index (κ3) is 3.42. The molecule has 4 heteroatoms. The Hall–Kier alpha value is -0.610. The van der Waals surface area contributed by atoms with Crippen LogP contribution in [0.4, 0.5) is 0 Å². The molecule has 0 aromatic rings. The number of likely N-dealkylation sites (tertiary alicyclic amines) is 1. The molecular formula is C13H26N2O2. The second kappa shape index (κ2) is 6.36. The first-order chi connectivity index (χ1) is 8.07. The molecule has 0 spiro atoms. The topological polar surface area (TPSA) is 55.6 Å². The van der Waals surface area contributed by atoms with Crippen LogP contribution < -0.4 is 5.73 Å². The summed E-state index contributed by atoms with van der Waals surface area (Å²) in [4.78, 5) is 14.2. The van der Waals surface area contributed by atoms with Gasteiger partial charge in [-0.25, -0.2) is 0 Å². The Bertz CT molecular complexity index is 244. The Kier molecular flexibility index (Phi) is 5.40. The summed E-state index contributed by atoms with van der Waals surface area (Å²) in [5.41, 5.74) is 5.49. The predicted octanol–water partition coefficient (Wildman–Crippen LogP) is 1.39. The minimum atomic E-state index is -0.659. The highest BCUT2D eigenvalue weighted by Gasteiger charge is 2.35. The fourth-order valence-electron chi connectivity index (χ4n) is 2.41. The average molecular weight is 242 g/mol. The van der Waals surface area contributed by atoms with Crippen LogP contribution in [0.2, 0.25) is 0 Å². The van der Waals surface area contributed by atoms with Crippen molar-refractivity contribution in [3.05, 3.63) is 0 Å². The van der Waals surface area contributed by atoms with Gasteiger partial charge in [-0.15, -0.1) is 0 Å². The van der Waals surface area contributed by atoms with Crippen LogP contribution in [-0.2, 0) is 9.53 Å². The number of ether oxygens (including phenoxy) is 1. The first-order valence-electron chi connectivity index (χ1n) is 6.64. The highest BCUT2D eigenvalue weighted by Crippen LogP contribution is 2.22. The number of hydrogen-bond donors (Lipinski definition) is 1. The van der Waals surface area contributed by atoms with E-state index in [2.05, 4.69) is 0 Å². The lowest BCUT2D eigenvalue weighted by atomic mass is 9.90. The zero-order chi connectivity index (χ0) is 12.9. The Morgan fingerprint density at radius 2 is 1.88 bits per heavy atom. The van der Waals surface area contributed by atoms with Gasteiger partial charge in [0, 0.05) is 26.8 Å². The highest BCUT2D eigenvalue weighted by molar-refractivity contribution is 5.86. The molecule has 0 unspecified atom stereocenters. The van der Waals surface area contributed by atoms with Gasteiger partial charge in [0.25, 0.3) is 0 Å². The second-order valence-electron chi connectivity index (χ2n) is 5.05. The zero-order valence-electron chi connectivity index (χ0n) is 11.4. The van der Waals surface area contributed by atoms with Crippen molar-refractivity contribution in [2.45, 2.75) is 45.1 Å². The van der Waals surface area contributed by atoms with Crippen LogP contribution in [0.5, 0.6) is 0 Å². The SMILES string of the molecule is CCC(N)(CC)C(=O)N1CCC(COC)CC1. The van der Waals surface area contributed by atoms with Gasteiger partial charge in [0.05, 0.1) is 5.54 Å². The summed E-state index contributed by atoms with van der Waals surface area (Å²) in [5.74, 6) is 0.720. The van der Waals surface area contributed by atoms with Crippen molar-refractivity contribution in [1.29, 1.82) is 0 Å². The van der Waals surface area contributed by atoms with E-state index in [-0.39, 0.29) is 5.91 Å². The van der Waals surface area contributed by atoms with E-state index in [0.717, 1.165) is 32.5 Å². The summed E-state index contributed by atoms with van der Waals surface area (Å²) in [7, 11) is 1.73. The lowest BCUT2D eigenvalue weighted by Crippen LogP contribution is -2.56. The number of nitrogens with two attached hydrogens (primary N) is 1. The number of amides is 1. The number of nitrogens with zero attached hydrogens (tertiary/aromatic N) is 1. The van der Waals surface area contributed by atoms with E-state index in [4.69, 9.17) is 10.5 Å². The average Bonchev–Trinajstić information content (AvgIpc) is 2.38. The predicted molar refractivity (Wildman–Crippen MR) is 68.7 cm³/mol. The van der Waals surface area contributed by atoms with E-state index in [0.29, 0.717) is 18.8 Å². The molecule has 1 rings (SSSR count). The molecule has 1 heterocycles. The summed E-state index contributed by atoms with van der Waals surface area (Å²) >= 11 is 0. The third-order valence-electron chi connectivity index (χ3n) is 3.99. The van der Waals surface area contributed by atoms with Crippen LogP contribution in [0.25, 0.3) is 0 Å². The molecule has 1 saturated heterocycles. The summed E-state index contributed by atoms with van der Waals surface area (Å²) < 4.78 is 5.16. The van der Waals surface area contributed by atoms with Crippen molar-refractivity contribution in [3.63, 3.8) is 0 Å². The van der Waals surface area contributed by atoms with Crippen molar-refractivity contribution in [2.75, 3.05) is 26.8 Å². The van der Waals surface area contributed by atoms with Gasteiger partial charge in [-0.3, -0.25) is 4.79 Å². The first kappa shape index (κ1) is 14.5. The van der Waals surface area contributed by atoms with Gasteiger partial charge in [-0.1, -0.05) is 13.8 Å². The van der Waals surface area contributed by atoms with Gasteiger partial charge in [-0.05, 0) is 31.6 Å². The molecule has 0 saturated carbocycles. The normalized spacial score (nSPS) is 18.5. The van der Waals surface area contributed by atoms with Gasteiger partial charge in [0.15, 0.2) is 0 Å². The maximum absolute atomic E-state index is 12.3. The van der Waals surface area contributed by atoms with Crippen LogP contribution in [0.15, 0.2) is 0 Å². The number of piperidine rings is 1. The molecular weight excluding hydrogens is 216 g/mol. The van der Waals surface area contributed by atoms with E-state index < -0.39 is 5.54 Å². The summed E-state index contributed by atoms with van der Waals surface area (Å²) in [6.45, 7) is 6.42. The molecule has 100 valence electrons. The van der Waals surface area contributed by atoms with E-state index in [1.165, 1.54) is 0 Å². The zero-order valence-corrected chi connectivity index (χ0v) is 11.4. The fraction of sp³-hybridized carbons (Fsp3) is 0.923. The quantitative estimate of drug-likeness (QED) is 0.792. The first-order valence-corrected chi connectivity index (χ1v) is 6.64. The lowest BCUT2D eigenvalue weighted by Gasteiger charge is -2.37. The van der Waals surface area contributed by atoms with Crippen LogP contribution in [0.1, 0.15) is 39.5 Å². The minimum Gasteiger partial charge on any atom is -0.384 e. The second-order valence-corrected chi connectivity index (χ2v) is 5.05. The van der Waals surface area contributed by atoms with Crippen LogP contribution >= 0.6 is 0 Å². The van der Waals surface area contributed by atoms with E-state index in [9.17, 15) is 4.79 Å². The van der Waals surface area contributed by atoms with Crippen LogP contribution in [-0.4, -0.2) is 43.2 Å². The smallest absolute Gasteiger partial charge is 0.242 e. The largest absolute Gasteiger partial charge is 0.384 e. The van der Waals surface area contributed by atoms with Gasteiger partial charge in [0.2, 0.25) is 5.91 Å². The van der Waals surface area contributed by atoms with Crippen molar-refractivity contribution < 1.29 is 9.53 Å². The molecule has 1 aliphatic heterocycles. The summed E-state index contributed by atoms with van der Waals surface area (Å²) in [6.07, 6.45) is 3.48. The van der Waals surface area contributed by atoms with E-state index in [1.807, 2.05) is 18.7 Å². The summed E-state index contributed by atoms with van der Waals surface area (Å²) in [6, 6.07) is 0. The standard InChI is InChI=1S/C13H26N2O2/c1-4-13(14,5-2)12(16)15-8-6-11(7-9-15)10-17-3/h11H,4-10,14H2,1-3H3. The molecule has 0 radical (unpaired) electrons. The van der Waals surface area contributed by atoms with E-state index >= 15 is 0 Å². The molecule has 4 nitrogen and oxygen atoms in total. The van der Waals surface area contributed by atoms with Crippen molar-refractivity contribution >= 4 is 5.91 Å². The molecule has 0 bridgehead atoms. The Morgan fingerprint density at radius 3 is 2.29 bits per heavy atom. The molecule has 1 aliphatic rings. The molecule has 0 aliphatic carbocycles. The Labute approximate surface area is 104 Å². The fourth-order valence-corrected chi connectivity index (χ4v) is 2.41. The molecule has 0 atom stereocenters. The Morgan fingerprint density at radius 1 is 1.35 bits per heavy atom. The Balaban J connectivity index is 2.51. The molecule has 2 N–H and O–H groups in total. The number of carbonyl (C=O) groups is 1. The van der Waals surface area contributed by atoms with Crippen LogP contribution in [0.3, 0.4) is 0 Å². The van der Waals surface area contributed by atoms with Gasteiger partial charge < -0.3 is 15.4 Å². The lowest BCUT2D eigenvalue weighted by molar-refractivity contribution is -0.139. The maximum Gasteiger partial charge on any atom is 0.242 e. The molecule has 1 amide bonds. The van der Waals surface area contributed by atoms with Gasteiger partial charge >= 0.3 is 0 Å². The monoisotopic (exact) mass is 242 g/mol. The van der Waals surface area contributed by atoms with Gasteiger partial charge in [-0.2, -0.15) is 0 Å². The highest BCUT2D eigenvalue weighted by atomic mass is 16.5. The summed E-state index contributed by atoms with van der Waals surface area (Å²) in [5, 5.41) is 0. The minimum absolute atomic E-state index is 0.123. The van der Waals surface area contributed by atoms with Crippen molar-refractivity contribution in [2.24, 2.45) is 11.7 Å². The number of carbonyl (C=O) groups excluding carboxylic acids is 1.